The van der Waals surface area contributed by atoms with Gasteiger partial charge in [-0.05, 0) is 24.0 Å². The Labute approximate surface area is 106 Å². The number of para-hydroxylation sites is 1. The predicted octanol–water partition coefficient (Wildman–Crippen LogP) is 3.62. The van der Waals surface area contributed by atoms with Crippen LogP contribution in [0.4, 0.5) is 10.2 Å². The van der Waals surface area contributed by atoms with Crippen LogP contribution in [0.15, 0.2) is 24.5 Å². The van der Waals surface area contributed by atoms with Crippen molar-refractivity contribution in [1.29, 1.82) is 0 Å². The largest absolute Gasteiger partial charge is 0.369 e. The van der Waals surface area contributed by atoms with Crippen LogP contribution in [0.2, 0.25) is 0 Å². The van der Waals surface area contributed by atoms with Gasteiger partial charge in [0.25, 0.3) is 0 Å². The summed E-state index contributed by atoms with van der Waals surface area (Å²) in [6, 6.07) is 4.92. The van der Waals surface area contributed by atoms with E-state index in [1.165, 1.54) is 12.4 Å². The van der Waals surface area contributed by atoms with Crippen molar-refractivity contribution in [2.45, 2.75) is 27.2 Å². The number of nitrogens with one attached hydrogen (secondary N) is 1. The minimum atomic E-state index is -0.312. The van der Waals surface area contributed by atoms with Crippen molar-refractivity contribution in [2.75, 3.05) is 11.9 Å². The summed E-state index contributed by atoms with van der Waals surface area (Å²) in [5.41, 5.74) is 0.550. The third kappa shape index (κ3) is 2.58. The summed E-state index contributed by atoms with van der Waals surface area (Å²) >= 11 is 0. The van der Waals surface area contributed by atoms with Crippen molar-refractivity contribution >= 4 is 16.7 Å². The van der Waals surface area contributed by atoms with Crippen LogP contribution in [-0.4, -0.2) is 16.5 Å². The van der Waals surface area contributed by atoms with E-state index in [1.807, 2.05) is 6.07 Å². The lowest BCUT2D eigenvalue weighted by Gasteiger charge is -2.23. The molecule has 1 N–H and O–H groups in total. The van der Waals surface area contributed by atoms with Gasteiger partial charge in [-0.25, -0.2) is 14.4 Å². The van der Waals surface area contributed by atoms with Crippen LogP contribution in [0.5, 0.6) is 0 Å². The van der Waals surface area contributed by atoms with Crippen molar-refractivity contribution < 1.29 is 4.39 Å². The number of hydrogen-bond donors (Lipinski definition) is 1. The first-order valence-electron chi connectivity index (χ1n) is 6.16. The lowest BCUT2D eigenvalue weighted by Crippen LogP contribution is -2.22. The molecule has 3 nitrogen and oxygen atoms in total. The SMILES string of the molecule is CCC(C)(C)CNc1ncnc2c(F)cccc12. The second kappa shape index (κ2) is 4.88. The molecule has 0 spiro atoms. The Hall–Kier alpha value is -1.71. The molecule has 0 saturated heterocycles. The van der Waals surface area contributed by atoms with Crippen molar-refractivity contribution in [2.24, 2.45) is 5.41 Å². The second-order valence-electron chi connectivity index (χ2n) is 5.23. The van der Waals surface area contributed by atoms with Crippen LogP contribution in [-0.2, 0) is 0 Å². The predicted molar refractivity (Wildman–Crippen MR) is 72.1 cm³/mol. The Morgan fingerprint density at radius 1 is 1.28 bits per heavy atom. The van der Waals surface area contributed by atoms with Crippen molar-refractivity contribution in [3.63, 3.8) is 0 Å². The van der Waals surface area contributed by atoms with E-state index in [4.69, 9.17) is 0 Å². The van der Waals surface area contributed by atoms with Gasteiger partial charge >= 0.3 is 0 Å². The lowest BCUT2D eigenvalue weighted by atomic mass is 9.90. The quantitative estimate of drug-likeness (QED) is 0.896. The normalized spacial score (nSPS) is 11.8. The van der Waals surface area contributed by atoms with E-state index in [0.717, 1.165) is 18.4 Å². The lowest BCUT2D eigenvalue weighted by molar-refractivity contribution is 0.376. The molecule has 0 aliphatic carbocycles. The monoisotopic (exact) mass is 247 g/mol. The molecule has 0 aliphatic rings. The van der Waals surface area contributed by atoms with Gasteiger partial charge in [-0.15, -0.1) is 0 Å². The molecule has 0 atom stereocenters. The molecule has 2 aromatic rings. The van der Waals surface area contributed by atoms with E-state index in [1.54, 1.807) is 6.07 Å². The smallest absolute Gasteiger partial charge is 0.149 e. The van der Waals surface area contributed by atoms with Gasteiger partial charge in [0.1, 0.15) is 23.5 Å². The number of halogens is 1. The molecular weight excluding hydrogens is 229 g/mol. The standard InChI is InChI=1S/C14H18FN3/c1-4-14(2,3)8-16-13-10-6-5-7-11(15)12(10)17-9-18-13/h5-7,9H,4,8H2,1-3H3,(H,16,17,18). The number of fused-ring (bicyclic) bond motifs is 1. The Bertz CT molecular complexity index is 552. The fraction of sp³-hybridized carbons (Fsp3) is 0.429. The summed E-state index contributed by atoms with van der Waals surface area (Å²) in [5.74, 6) is 0.383. The molecule has 1 aromatic carbocycles. The zero-order chi connectivity index (χ0) is 13.2. The molecule has 1 aromatic heterocycles. The van der Waals surface area contributed by atoms with E-state index in [9.17, 15) is 4.39 Å². The fourth-order valence-corrected chi connectivity index (χ4v) is 1.64. The maximum absolute atomic E-state index is 13.6. The summed E-state index contributed by atoms with van der Waals surface area (Å²) in [6.07, 6.45) is 2.46. The van der Waals surface area contributed by atoms with Gasteiger partial charge in [-0.1, -0.05) is 26.8 Å². The van der Waals surface area contributed by atoms with Gasteiger partial charge in [0.15, 0.2) is 0 Å². The van der Waals surface area contributed by atoms with Crippen LogP contribution in [0.25, 0.3) is 10.9 Å². The molecule has 0 bridgehead atoms. The van der Waals surface area contributed by atoms with Gasteiger partial charge in [-0.2, -0.15) is 0 Å². The van der Waals surface area contributed by atoms with Gasteiger partial charge in [0.05, 0.1) is 0 Å². The van der Waals surface area contributed by atoms with Gasteiger partial charge in [0, 0.05) is 11.9 Å². The van der Waals surface area contributed by atoms with Gasteiger partial charge in [0.2, 0.25) is 0 Å². The van der Waals surface area contributed by atoms with Crippen LogP contribution in [0.3, 0.4) is 0 Å². The molecule has 2 rings (SSSR count). The average molecular weight is 247 g/mol. The number of anilines is 1. The van der Waals surface area contributed by atoms with Gasteiger partial charge < -0.3 is 5.32 Å². The molecule has 0 amide bonds. The molecule has 1 heterocycles. The molecule has 4 heteroatoms. The highest BCUT2D eigenvalue weighted by Gasteiger charge is 2.16. The summed E-state index contributed by atoms with van der Waals surface area (Å²) in [7, 11) is 0. The topological polar surface area (TPSA) is 37.8 Å². The van der Waals surface area contributed by atoms with Gasteiger partial charge in [-0.3, -0.25) is 0 Å². The molecule has 0 fully saturated rings. The minimum absolute atomic E-state index is 0.185. The Morgan fingerprint density at radius 3 is 2.78 bits per heavy atom. The zero-order valence-electron chi connectivity index (χ0n) is 11.0. The summed E-state index contributed by atoms with van der Waals surface area (Å²) in [6.45, 7) is 7.32. The third-order valence-electron chi connectivity index (χ3n) is 3.31. The molecule has 0 radical (unpaired) electrons. The number of hydrogen-bond acceptors (Lipinski definition) is 3. The number of benzene rings is 1. The Kier molecular flexibility index (Phi) is 3.45. The zero-order valence-corrected chi connectivity index (χ0v) is 11.0. The number of rotatable bonds is 4. The summed E-state index contributed by atoms with van der Waals surface area (Å²) in [5, 5.41) is 4.01. The van der Waals surface area contributed by atoms with Crippen molar-refractivity contribution in [3.05, 3.63) is 30.3 Å². The first kappa shape index (κ1) is 12.7. The van der Waals surface area contributed by atoms with E-state index < -0.39 is 0 Å². The molecular formula is C14H18FN3. The highest BCUT2D eigenvalue weighted by Crippen LogP contribution is 2.24. The van der Waals surface area contributed by atoms with Crippen LogP contribution in [0.1, 0.15) is 27.2 Å². The third-order valence-corrected chi connectivity index (χ3v) is 3.31. The molecule has 0 aliphatic heterocycles. The highest BCUT2D eigenvalue weighted by molar-refractivity contribution is 5.89. The first-order chi connectivity index (χ1) is 8.53. The van der Waals surface area contributed by atoms with Crippen molar-refractivity contribution in [1.82, 2.24) is 9.97 Å². The van der Waals surface area contributed by atoms with Crippen LogP contribution in [0, 0.1) is 11.2 Å². The molecule has 18 heavy (non-hydrogen) atoms. The molecule has 96 valence electrons. The van der Waals surface area contributed by atoms with E-state index in [-0.39, 0.29) is 11.2 Å². The summed E-state index contributed by atoms with van der Waals surface area (Å²) < 4.78 is 13.6. The van der Waals surface area contributed by atoms with Crippen molar-refractivity contribution in [3.8, 4) is 0 Å². The van der Waals surface area contributed by atoms with Crippen LogP contribution < -0.4 is 5.32 Å². The fourth-order valence-electron chi connectivity index (χ4n) is 1.64. The Morgan fingerprint density at radius 2 is 2.06 bits per heavy atom. The maximum Gasteiger partial charge on any atom is 0.149 e. The second-order valence-corrected chi connectivity index (χ2v) is 5.23. The van der Waals surface area contributed by atoms with Crippen LogP contribution >= 0.6 is 0 Å². The number of aromatic nitrogens is 2. The van der Waals surface area contributed by atoms with E-state index in [0.29, 0.717) is 11.3 Å². The highest BCUT2D eigenvalue weighted by atomic mass is 19.1. The maximum atomic E-state index is 13.6. The number of nitrogens with zero attached hydrogens (tertiary/aromatic N) is 2. The summed E-state index contributed by atoms with van der Waals surface area (Å²) in [4.78, 5) is 8.18. The minimum Gasteiger partial charge on any atom is -0.369 e. The molecule has 0 unspecified atom stereocenters. The first-order valence-corrected chi connectivity index (χ1v) is 6.16. The average Bonchev–Trinajstić information content (AvgIpc) is 2.37. The molecule has 0 saturated carbocycles. The van der Waals surface area contributed by atoms with E-state index >= 15 is 0 Å². The van der Waals surface area contributed by atoms with E-state index in [2.05, 4.69) is 36.1 Å². The Balaban J connectivity index is 2.32.